The van der Waals surface area contributed by atoms with Gasteiger partial charge in [-0.1, -0.05) is 0 Å². The number of methoxy groups -OCH3 is 1. The number of carbonyl (C=O) groups excluding carboxylic acids is 1. The maximum Gasteiger partial charge on any atom is 0.374 e. The summed E-state index contributed by atoms with van der Waals surface area (Å²) in [6.45, 7) is 5.77. The van der Waals surface area contributed by atoms with Gasteiger partial charge in [-0.2, -0.15) is 5.10 Å². The van der Waals surface area contributed by atoms with Gasteiger partial charge in [0, 0.05) is 37.8 Å². The average molecular weight is 332 g/mol. The fourth-order valence-corrected chi connectivity index (χ4v) is 2.79. The van der Waals surface area contributed by atoms with Crippen LogP contribution < -0.4 is 10.5 Å². The van der Waals surface area contributed by atoms with Crippen molar-refractivity contribution < 1.29 is 13.9 Å². The lowest BCUT2D eigenvalue weighted by Gasteiger charge is -2.34. The topological polar surface area (TPSA) is 91.7 Å². The Morgan fingerprint density at radius 3 is 2.71 bits per heavy atom. The van der Waals surface area contributed by atoms with Gasteiger partial charge in [-0.05, 0) is 19.1 Å². The van der Waals surface area contributed by atoms with Crippen molar-refractivity contribution in [1.82, 2.24) is 15.1 Å². The number of hydrogen-bond donors (Lipinski definition) is 1. The van der Waals surface area contributed by atoms with Gasteiger partial charge in [0.15, 0.2) is 0 Å². The third kappa shape index (κ3) is 3.48. The van der Waals surface area contributed by atoms with E-state index >= 15 is 0 Å². The van der Waals surface area contributed by atoms with Gasteiger partial charge < -0.3 is 14.1 Å². The van der Waals surface area contributed by atoms with Crippen molar-refractivity contribution in [2.75, 3.05) is 38.2 Å². The molecule has 1 saturated heterocycles. The monoisotopic (exact) mass is 332 g/mol. The molecular formula is C16H20N4O4. The van der Waals surface area contributed by atoms with Crippen LogP contribution in [0, 0.1) is 6.92 Å². The first-order valence-electron chi connectivity index (χ1n) is 7.77. The van der Waals surface area contributed by atoms with Gasteiger partial charge in [-0.3, -0.25) is 9.69 Å². The fraction of sp³-hybridized carbons (Fsp3) is 0.438. The standard InChI is InChI=1S/C16H20N4O4/c1-11-9-12(24-15(11)16(22)23-2)10-19-5-7-20(8-6-19)13-3-4-14(21)18-17-13/h3-4,9H,5-8,10H2,1-2H3,(H,18,21). The van der Waals surface area contributed by atoms with E-state index < -0.39 is 5.97 Å². The highest BCUT2D eigenvalue weighted by atomic mass is 16.5. The van der Waals surface area contributed by atoms with Crippen LogP contribution in [0.2, 0.25) is 0 Å². The minimum atomic E-state index is -0.451. The minimum absolute atomic E-state index is 0.202. The molecule has 0 amide bonds. The highest BCUT2D eigenvalue weighted by Gasteiger charge is 2.21. The quantitative estimate of drug-likeness (QED) is 0.827. The molecule has 0 aromatic carbocycles. The molecule has 1 aliphatic heterocycles. The number of aromatic amines is 1. The van der Waals surface area contributed by atoms with Crippen LogP contribution in [0.4, 0.5) is 5.82 Å². The number of aryl methyl sites for hydroxylation is 1. The summed E-state index contributed by atoms with van der Waals surface area (Å²) >= 11 is 0. The molecule has 8 nitrogen and oxygen atoms in total. The number of nitrogens with one attached hydrogen (secondary N) is 1. The van der Waals surface area contributed by atoms with E-state index in [0.29, 0.717) is 6.54 Å². The Morgan fingerprint density at radius 1 is 1.33 bits per heavy atom. The van der Waals surface area contributed by atoms with E-state index in [9.17, 15) is 9.59 Å². The Balaban J connectivity index is 1.58. The number of rotatable bonds is 4. The third-order valence-corrected chi connectivity index (χ3v) is 4.08. The van der Waals surface area contributed by atoms with Crippen LogP contribution in [0.5, 0.6) is 0 Å². The normalized spacial score (nSPS) is 15.5. The molecule has 0 aliphatic carbocycles. The largest absolute Gasteiger partial charge is 0.463 e. The van der Waals surface area contributed by atoms with Gasteiger partial charge in [0.05, 0.1) is 13.7 Å². The molecule has 2 aromatic rings. The van der Waals surface area contributed by atoms with Crippen LogP contribution in [0.15, 0.2) is 27.4 Å². The Hall–Kier alpha value is -2.61. The SMILES string of the molecule is COC(=O)c1oc(CN2CCN(c3ccc(=O)[nH]n3)CC2)cc1C. The Bertz CT molecular complexity index is 754. The zero-order valence-corrected chi connectivity index (χ0v) is 13.7. The highest BCUT2D eigenvalue weighted by Crippen LogP contribution is 2.19. The average Bonchev–Trinajstić information content (AvgIpc) is 2.96. The van der Waals surface area contributed by atoms with Crippen molar-refractivity contribution in [1.29, 1.82) is 0 Å². The summed E-state index contributed by atoms with van der Waals surface area (Å²) in [5.41, 5.74) is 0.583. The summed E-state index contributed by atoms with van der Waals surface area (Å²) in [5.74, 6) is 1.34. The van der Waals surface area contributed by atoms with E-state index in [-0.39, 0.29) is 11.3 Å². The van der Waals surface area contributed by atoms with Gasteiger partial charge in [-0.15, -0.1) is 0 Å². The van der Waals surface area contributed by atoms with Crippen molar-refractivity contribution in [3.05, 3.63) is 45.6 Å². The fourth-order valence-electron chi connectivity index (χ4n) is 2.79. The molecule has 1 fully saturated rings. The number of esters is 1. The van der Waals surface area contributed by atoms with Gasteiger partial charge in [0.25, 0.3) is 5.56 Å². The van der Waals surface area contributed by atoms with E-state index in [1.165, 1.54) is 13.2 Å². The molecule has 1 aliphatic rings. The molecule has 0 atom stereocenters. The minimum Gasteiger partial charge on any atom is -0.463 e. The summed E-state index contributed by atoms with van der Waals surface area (Å²) < 4.78 is 10.3. The van der Waals surface area contributed by atoms with Crippen LogP contribution in [-0.2, 0) is 11.3 Å². The smallest absolute Gasteiger partial charge is 0.374 e. The van der Waals surface area contributed by atoms with Crippen LogP contribution >= 0.6 is 0 Å². The van der Waals surface area contributed by atoms with Gasteiger partial charge >= 0.3 is 5.97 Å². The second kappa shape index (κ2) is 6.88. The number of ether oxygens (including phenoxy) is 1. The van der Waals surface area contributed by atoms with E-state index in [1.54, 1.807) is 6.07 Å². The van der Waals surface area contributed by atoms with Crippen molar-refractivity contribution >= 4 is 11.8 Å². The second-order valence-corrected chi connectivity index (χ2v) is 5.76. The predicted octanol–water partition coefficient (Wildman–Crippen LogP) is 0.780. The van der Waals surface area contributed by atoms with E-state index in [2.05, 4.69) is 20.0 Å². The molecule has 24 heavy (non-hydrogen) atoms. The number of H-pyrrole nitrogens is 1. The van der Waals surface area contributed by atoms with Crippen LogP contribution in [0.1, 0.15) is 21.9 Å². The number of anilines is 1. The Morgan fingerprint density at radius 2 is 2.08 bits per heavy atom. The third-order valence-electron chi connectivity index (χ3n) is 4.08. The van der Waals surface area contributed by atoms with Crippen LogP contribution in [0.3, 0.4) is 0 Å². The molecule has 128 valence electrons. The molecule has 2 aromatic heterocycles. The van der Waals surface area contributed by atoms with Crippen molar-refractivity contribution in [2.45, 2.75) is 13.5 Å². The predicted molar refractivity (Wildman–Crippen MR) is 87.1 cm³/mol. The number of carbonyl (C=O) groups is 1. The van der Waals surface area contributed by atoms with Crippen molar-refractivity contribution in [3.63, 3.8) is 0 Å². The molecule has 1 N–H and O–H groups in total. The van der Waals surface area contributed by atoms with E-state index in [0.717, 1.165) is 43.3 Å². The lowest BCUT2D eigenvalue weighted by atomic mass is 10.2. The lowest BCUT2D eigenvalue weighted by Crippen LogP contribution is -2.46. The Labute approximate surface area is 139 Å². The summed E-state index contributed by atoms with van der Waals surface area (Å²) in [7, 11) is 1.34. The van der Waals surface area contributed by atoms with Gasteiger partial charge in [0.1, 0.15) is 11.6 Å². The highest BCUT2D eigenvalue weighted by molar-refractivity contribution is 5.87. The molecule has 0 unspecified atom stereocenters. The molecule has 0 spiro atoms. The molecule has 0 saturated carbocycles. The molecule has 3 heterocycles. The molecule has 8 heteroatoms. The maximum atomic E-state index is 11.6. The number of nitrogens with zero attached hydrogens (tertiary/aromatic N) is 3. The number of hydrogen-bond acceptors (Lipinski definition) is 7. The van der Waals surface area contributed by atoms with Crippen molar-refractivity contribution in [2.24, 2.45) is 0 Å². The number of furan rings is 1. The summed E-state index contributed by atoms with van der Waals surface area (Å²) in [4.78, 5) is 27.0. The summed E-state index contributed by atoms with van der Waals surface area (Å²) in [6.07, 6.45) is 0. The molecule has 0 bridgehead atoms. The first kappa shape index (κ1) is 16.3. The van der Waals surface area contributed by atoms with Crippen LogP contribution in [0.25, 0.3) is 0 Å². The van der Waals surface area contributed by atoms with Gasteiger partial charge in [-0.25, -0.2) is 9.89 Å². The number of piperazine rings is 1. The van der Waals surface area contributed by atoms with Crippen molar-refractivity contribution in [3.8, 4) is 0 Å². The molecule has 0 radical (unpaired) electrons. The van der Waals surface area contributed by atoms with Gasteiger partial charge in [0.2, 0.25) is 5.76 Å². The van der Waals surface area contributed by atoms with E-state index in [1.807, 2.05) is 13.0 Å². The van der Waals surface area contributed by atoms with E-state index in [4.69, 9.17) is 9.15 Å². The molecule has 3 rings (SSSR count). The maximum absolute atomic E-state index is 11.6. The lowest BCUT2D eigenvalue weighted by molar-refractivity contribution is 0.0560. The zero-order chi connectivity index (χ0) is 17.1. The second-order valence-electron chi connectivity index (χ2n) is 5.76. The van der Waals surface area contributed by atoms with Crippen LogP contribution in [-0.4, -0.2) is 54.4 Å². The summed E-state index contributed by atoms with van der Waals surface area (Å²) in [6, 6.07) is 5.09. The zero-order valence-electron chi connectivity index (χ0n) is 13.7. The number of aromatic nitrogens is 2. The molecular weight excluding hydrogens is 312 g/mol. The summed E-state index contributed by atoms with van der Waals surface area (Å²) in [5, 5.41) is 6.51. The Kier molecular flexibility index (Phi) is 4.66. The first-order chi connectivity index (χ1) is 11.6. The first-order valence-corrected chi connectivity index (χ1v) is 7.77.